The fraction of sp³-hybridized carbons (Fsp3) is 0.462. The number of benzene rings is 1. The van der Waals surface area contributed by atoms with Crippen molar-refractivity contribution in [2.45, 2.75) is 25.7 Å². The number of carbonyl (C=O) groups excluding carboxylic acids is 1. The molecular formula is C13H19NO3. The molecule has 17 heavy (non-hydrogen) atoms. The molecule has 0 radical (unpaired) electrons. The number of aliphatic hydroxyl groups is 1. The summed E-state index contributed by atoms with van der Waals surface area (Å²) in [6, 6.07) is 6.62. The number of phenols is 1. The van der Waals surface area contributed by atoms with E-state index >= 15 is 0 Å². The van der Waals surface area contributed by atoms with E-state index in [1.165, 1.54) is 0 Å². The fourth-order valence-corrected chi connectivity index (χ4v) is 1.50. The van der Waals surface area contributed by atoms with E-state index in [0.29, 0.717) is 13.0 Å². The third-order valence-electron chi connectivity index (χ3n) is 2.46. The second-order valence-corrected chi connectivity index (χ2v) is 3.98. The molecule has 0 aliphatic rings. The van der Waals surface area contributed by atoms with Gasteiger partial charge in [-0.05, 0) is 37.0 Å². The van der Waals surface area contributed by atoms with Crippen LogP contribution >= 0.6 is 0 Å². The van der Waals surface area contributed by atoms with Crippen LogP contribution in [-0.2, 0) is 11.2 Å². The quantitative estimate of drug-likeness (QED) is 0.624. The average Bonchev–Trinajstić information content (AvgIpc) is 2.32. The van der Waals surface area contributed by atoms with Crippen LogP contribution in [0.15, 0.2) is 24.3 Å². The molecule has 0 aromatic heterocycles. The van der Waals surface area contributed by atoms with Crippen LogP contribution < -0.4 is 5.32 Å². The van der Waals surface area contributed by atoms with Crippen molar-refractivity contribution in [2.24, 2.45) is 0 Å². The van der Waals surface area contributed by atoms with Gasteiger partial charge in [-0.15, -0.1) is 0 Å². The maximum Gasteiger partial charge on any atom is 0.224 e. The van der Waals surface area contributed by atoms with E-state index in [4.69, 9.17) is 10.2 Å². The molecule has 0 aliphatic heterocycles. The number of phenolic OH excluding ortho intramolecular Hbond substituents is 1. The van der Waals surface area contributed by atoms with Crippen LogP contribution in [0, 0.1) is 0 Å². The van der Waals surface area contributed by atoms with E-state index in [1.54, 1.807) is 24.3 Å². The van der Waals surface area contributed by atoms with E-state index in [2.05, 4.69) is 5.32 Å². The van der Waals surface area contributed by atoms with Crippen LogP contribution in [0.3, 0.4) is 0 Å². The zero-order chi connectivity index (χ0) is 12.5. The van der Waals surface area contributed by atoms with Gasteiger partial charge in [-0.2, -0.15) is 0 Å². The third kappa shape index (κ3) is 5.92. The summed E-state index contributed by atoms with van der Waals surface area (Å²) in [6.07, 6.45) is 2.94. The van der Waals surface area contributed by atoms with Gasteiger partial charge in [-0.1, -0.05) is 12.1 Å². The Morgan fingerprint density at radius 2 is 1.82 bits per heavy atom. The Kier molecular flexibility index (Phi) is 6.10. The zero-order valence-electron chi connectivity index (χ0n) is 9.85. The highest BCUT2D eigenvalue weighted by Gasteiger charge is 2.02. The van der Waals surface area contributed by atoms with Gasteiger partial charge in [0.15, 0.2) is 0 Å². The smallest absolute Gasteiger partial charge is 0.224 e. The number of rotatable bonds is 7. The number of unbranched alkanes of at least 4 members (excludes halogenated alkanes) is 2. The molecule has 0 unspecified atom stereocenters. The van der Waals surface area contributed by atoms with Gasteiger partial charge in [0.25, 0.3) is 0 Å². The first-order chi connectivity index (χ1) is 8.22. The van der Waals surface area contributed by atoms with Crippen molar-refractivity contribution in [1.29, 1.82) is 0 Å². The maximum atomic E-state index is 11.5. The summed E-state index contributed by atoms with van der Waals surface area (Å²) in [7, 11) is 0. The molecule has 0 heterocycles. The van der Waals surface area contributed by atoms with Gasteiger partial charge in [0.2, 0.25) is 5.91 Å². The van der Waals surface area contributed by atoms with E-state index in [9.17, 15) is 4.79 Å². The summed E-state index contributed by atoms with van der Waals surface area (Å²) >= 11 is 0. The molecule has 0 saturated heterocycles. The molecule has 0 fully saturated rings. The Bertz CT molecular complexity index is 335. The number of amides is 1. The second kappa shape index (κ2) is 7.68. The molecule has 1 aromatic rings. The molecular weight excluding hydrogens is 218 g/mol. The lowest BCUT2D eigenvalue weighted by molar-refractivity contribution is -0.120. The van der Waals surface area contributed by atoms with Crippen LogP contribution in [0.1, 0.15) is 24.8 Å². The molecule has 1 aromatic carbocycles. The molecule has 3 N–H and O–H groups in total. The lowest BCUT2D eigenvalue weighted by atomic mass is 10.1. The van der Waals surface area contributed by atoms with Crippen LogP contribution in [0.25, 0.3) is 0 Å². The summed E-state index contributed by atoms with van der Waals surface area (Å²) in [4.78, 5) is 11.5. The Morgan fingerprint density at radius 1 is 1.12 bits per heavy atom. The van der Waals surface area contributed by atoms with Gasteiger partial charge >= 0.3 is 0 Å². The minimum Gasteiger partial charge on any atom is -0.508 e. The highest BCUT2D eigenvalue weighted by Crippen LogP contribution is 2.09. The normalized spacial score (nSPS) is 10.2. The van der Waals surface area contributed by atoms with Gasteiger partial charge in [0, 0.05) is 13.2 Å². The fourth-order valence-electron chi connectivity index (χ4n) is 1.50. The lowest BCUT2D eigenvalue weighted by Gasteiger charge is -2.05. The Balaban J connectivity index is 2.18. The first-order valence-electron chi connectivity index (χ1n) is 5.88. The summed E-state index contributed by atoms with van der Waals surface area (Å²) in [5.74, 6) is 0.192. The minimum atomic E-state index is -0.0142. The van der Waals surface area contributed by atoms with Crippen molar-refractivity contribution in [3.8, 4) is 5.75 Å². The predicted molar refractivity (Wildman–Crippen MR) is 65.8 cm³/mol. The topological polar surface area (TPSA) is 69.6 Å². The summed E-state index contributed by atoms with van der Waals surface area (Å²) in [5.41, 5.74) is 0.885. The van der Waals surface area contributed by atoms with Crippen molar-refractivity contribution in [1.82, 2.24) is 5.32 Å². The largest absolute Gasteiger partial charge is 0.508 e. The summed E-state index contributed by atoms with van der Waals surface area (Å²) < 4.78 is 0. The molecule has 1 amide bonds. The number of hydrogen-bond donors (Lipinski definition) is 3. The van der Waals surface area contributed by atoms with E-state index in [-0.39, 0.29) is 18.3 Å². The molecule has 0 bridgehead atoms. The van der Waals surface area contributed by atoms with E-state index in [0.717, 1.165) is 24.8 Å². The molecule has 1 rings (SSSR count). The Labute approximate surface area is 101 Å². The zero-order valence-corrected chi connectivity index (χ0v) is 9.85. The molecule has 4 nitrogen and oxygen atoms in total. The third-order valence-corrected chi connectivity index (χ3v) is 2.46. The van der Waals surface area contributed by atoms with Crippen molar-refractivity contribution in [3.63, 3.8) is 0 Å². The predicted octanol–water partition coefficient (Wildman–Crippen LogP) is 1.21. The molecule has 94 valence electrons. The molecule has 0 atom stereocenters. The number of carbonyl (C=O) groups is 1. The minimum absolute atomic E-state index is 0.0142. The van der Waals surface area contributed by atoms with Gasteiger partial charge in [0.1, 0.15) is 5.75 Å². The standard InChI is InChI=1S/C13H19NO3/c15-9-3-1-2-8-14-13(17)10-11-4-6-12(16)7-5-11/h4-7,15-16H,1-3,8-10H2,(H,14,17). The molecule has 4 heteroatoms. The second-order valence-electron chi connectivity index (χ2n) is 3.98. The monoisotopic (exact) mass is 237 g/mol. The van der Waals surface area contributed by atoms with Crippen molar-refractivity contribution >= 4 is 5.91 Å². The first kappa shape index (κ1) is 13.5. The van der Waals surface area contributed by atoms with Crippen LogP contribution in [0.5, 0.6) is 5.75 Å². The van der Waals surface area contributed by atoms with Crippen LogP contribution in [-0.4, -0.2) is 29.3 Å². The first-order valence-corrected chi connectivity index (χ1v) is 5.88. The highest BCUT2D eigenvalue weighted by atomic mass is 16.3. The molecule has 0 spiro atoms. The van der Waals surface area contributed by atoms with Crippen LogP contribution in [0.2, 0.25) is 0 Å². The van der Waals surface area contributed by atoms with Gasteiger partial charge < -0.3 is 15.5 Å². The van der Waals surface area contributed by atoms with Gasteiger partial charge in [0.05, 0.1) is 6.42 Å². The number of aliphatic hydroxyl groups excluding tert-OH is 1. The summed E-state index contributed by atoms with van der Waals surface area (Å²) in [6.45, 7) is 0.859. The van der Waals surface area contributed by atoms with E-state index < -0.39 is 0 Å². The average molecular weight is 237 g/mol. The van der Waals surface area contributed by atoms with Crippen LogP contribution in [0.4, 0.5) is 0 Å². The summed E-state index contributed by atoms with van der Waals surface area (Å²) in [5, 5.41) is 20.5. The Morgan fingerprint density at radius 3 is 2.47 bits per heavy atom. The van der Waals surface area contributed by atoms with Gasteiger partial charge in [-0.3, -0.25) is 4.79 Å². The van der Waals surface area contributed by atoms with E-state index in [1.807, 2.05) is 0 Å². The number of hydrogen-bond acceptors (Lipinski definition) is 3. The van der Waals surface area contributed by atoms with Crippen molar-refractivity contribution in [2.75, 3.05) is 13.2 Å². The molecule has 0 aliphatic carbocycles. The maximum absolute atomic E-state index is 11.5. The van der Waals surface area contributed by atoms with Gasteiger partial charge in [-0.25, -0.2) is 0 Å². The lowest BCUT2D eigenvalue weighted by Crippen LogP contribution is -2.26. The number of nitrogens with one attached hydrogen (secondary N) is 1. The van der Waals surface area contributed by atoms with Crippen molar-refractivity contribution in [3.05, 3.63) is 29.8 Å². The van der Waals surface area contributed by atoms with Crippen molar-refractivity contribution < 1.29 is 15.0 Å². The Hall–Kier alpha value is -1.55. The molecule has 0 saturated carbocycles. The highest BCUT2D eigenvalue weighted by molar-refractivity contribution is 5.78. The number of aromatic hydroxyl groups is 1. The SMILES string of the molecule is O=C(Cc1ccc(O)cc1)NCCCCCO.